The van der Waals surface area contributed by atoms with Crippen LogP contribution in [0.3, 0.4) is 0 Å². The number of benzene rings is 1. The van der Waals surface area contributed by atoms with Gasteiger partial charge in [-0.3, -0.25) is 4.79 Å². The van der Waals surface area contributed by atoms with Gasteiger partial charge >= 0.3 is 0 Å². The van der Waals surface area contributed by atoms with Gasteiger partial charge in [-0.05, 0) is 18.1 Å². The van der Waals surface area contributed by atoms with E-state index in [4.69, 9.17) is 0 Å². The van der Waals surface area contributed by atoms with E-state index in [0.717, 1.165) is 24.0 Å². The molecule has 0 aliphatic carbocycles. The van der Waals surface area contributed by atoms with Gasteiger partial charge in [-0.2, -0.15) is 0 Å². The number of nitrogens with zero attached hydrogens (tertiary/aromatic N) is 1. The molecule has 1 heterocycles. The smallest absolute Gasteiger partial charge is 0.239 e. The number of carbonyl (C=O) groups is 1. The standard InChI is InChI=1S/C12H15BrN2O/c1-15-7-6-14-11(12(15)16)8-9-4-2-3-5-10(9)13/h2-5,11,14H,6-8H2,1H3. The molecule has 3 nitrogen and oxygen atoms in total. The van der Waals surface area contributed by atoms with Crippen LogP contribution in [-0.2, 0) is 11.2 Å². The summed E-state index contributed by atoms with van der Waals surface area (Å²) in [5.41, 5.74) is 1.17. The molecular weight excluding hydrogens is 268 g/mol. The van der Waals surface area contributed by atoms with Gasteiger partial charge in [0.1, 0.15) is 0 Å². The molecule has 2 rings (SSSR count). The normalized spacial score (nSPS) is 21.2. The highest BCUT2D eigenvalue weighted by Gasteiger charge is 2.26. The van der Waals surface area contributed by atoms with Gasteiger partial charge in [-0.15, -0.1) is 0 Å². The van der Waals surface area contributed by atoms with Crippen LogP contribution in [0.15, 0.2) is 28.7 Å². The zero-order valence-corrected chi connectivity index (χ0v) is 10.8. The van der Waals surface area contributed by atoms with E-state index in [0.29, 0.717) is 0 Å². The second-order valence-corrected chi connectivity index (χ2v) is 4.92. The van der Waals surface area contributed by atoms with Gasteiger partial charge in [0, 0.05) is 24.6 Å². The fourth-order valence-electron chi connectivity index (χ4n) is 1.91. The molecule has 1 aliphatic rings. The van der Waals surface area contributed by atoms with E-state index in [9.17, 15) is 4.79 Å². The van der Waals surface area contributed by atoms with Crippen molar-refractivity contribution >= 4 is 21.8 Å². The molecule has 0 aromatic heterocycles. The quantitative estimate of drug-likeness (QED) is 0.890. The van der Waals surface area contributed by atoms with Gasteiger partial charge in [0.25, 0.3) is 0 Å². The lowest BCUT2D eigenvalue weighted by atomic mass is 10.0. The molecule has 1 aromatic carbocycles. The van der Waals surface area contributed by atoms with E-state index < -0.39 is 0 Å². The first-order chi connectivity index (χ1) is 7.68. The second kappa shape index (κ2) is 4.97. The largest absolute Gasteiger partial charge is 0.343 e. The number of piperazine rings is 1. The minimum atomic E-state index is -0.0857. The highest BCUT2D eigenvalue weighted by molar-refractivity contribution is 9.10. The minimum absolute atomic E-state index is 0.0857. The number of hydrogen-bond donors (Lipinski definition) is 1. The molecule has 1 fully saturated rings. The summed E-state index contributed by atoms with van der Waals surface area (Å²) in [6.07, 6.45) is 0.741. The van der Waals surface area contributed by atoms with Gasteiger partial charge < -0.3 is 10.2 Å². The van der Waals surface area contributed by atoms with Crippen LogP contribution in [0.1, 0.15) is 5.56 Å². The van der Waals surface area contributed by atoms with Crippen LogP contribution in [-0.4, -0.2) is 37.0 Å². The lowest BCUT2D eigenvalue weighted by Gasteiger charge is -2.30. The van der Waals surface area contributed by atoms with Crippen molar-refractivity contribution in [1.82, 2.24) is 10.2 Å². The highest BCUT2D eigenvalue weighted by Crippen LogP contribution is 2.18. The van der Waals surface area contributed by atoms with Gasteiger partial charge in [0.05, 0.1) is 6.04 Å². The molecule has 4 heteroatoms. The van der Waals surface area contributed by atoms with E-state index >= 15 is 0 Å². The summed E-state index contributed by atoms with van der Waals surface area (Å²) >= 11 is 3.51. The summed E-state index contributed by atoms with van der Waals surface area (Å²) in [7, 11) is 1.86. The maximum Gasteiger partial charge on any atom is 0.239 e. The van der Waals surface area contributed by atoms with Crippen LogP contribution in [0, 0.1) is 0 Å². The first-order valence-electron chi connectivity index (χ1n) is 5.40. The highest BCUT2D eigenvalue weighted by atomic mass is 79.9. The van der Waals surface area contributed by atoms with Crippen molar-refractivity contribution in [3.05, 3.63) is 34.3 Å². The Morgan fingerprint density at radius 1 is 1.50 bits per heavy atom. The SMILES string of the molecule is CN1CCNC(Cc2ccccc2Br)C1=O. The van der Waals surface area contributed by atoms with E-state index in [2.05, 4.69) is 21.2 Å². The first-order valence-corrected chi connectivity index (χ1v) is 6.19. The summed E-state index contributed by atoms with van der Waals surface area (Å²) in [6.45, 7) is 1.67. The number of rotatable bonds is 2. The van der Waals surface area contributed by atoms with Crippen LogP contribution in [0.2, 0.25) is 0 Å². The van der Waals surface area contributed by atoms with Gasteiger partial charge in [-0.1, -0.05) is 34.1 Å². The Balaban J connectivity index is 2.10. The summed E-state index contributed by atoms with van der Waals surface area (Å²) in [4.78, 5) is 13.7. The average Bonchev–Trinajstić information content (AvgIpc) is 2.28. The molecule has 1 aliphatic heterocycles. The molecule has 1 aromatic rings. The van der Waals surface area contributed by atoms with Crippen LogP contribution in [0.25, 0.3) is 0 Å². The molecule has 86 valence electrons. The number of halogens is 1. The molecular formula is C12H15BrN2O. The third-order valence-electron chi connectivity index (χ3n) is 2.89. The minimum Gasteiger partial charge on any atom is -0.343 e. The monoisotopic (exact) mass is 282 g/mol. The zero-order valence-electron chi connectivity index (χ0n) is 9.24. The van der Waals surface area contributed by atoms with Crippen LogP contribution in [0.5, 0.6) is 0 Å². The van der Waals surface area contributed by atoms with E-state index in [-0.39, 0.29) is 11.9 Å². The summed E-state index contributed by atoms with van der Waals surface area (Å²) in [5.74, 6) is 0.182. The van der Waals surface area contributed by atoms with Crippen LogP contribution < -0.4 is 5.32 Å². The first kappa shape index (κ1) is 11.6. The lowest BCUT2D eigenvalue weighted by Crippen LogP contribution is -2.54. The zero-order chi connectivity index (χ0) is 11.5. The van der Waals surface area contributed by atoms with E-state index in [1.165, 1.54) is 5.56 Å². The average molecular weight is 283 g/mol. The Morgan fingerprint density at radius 3 is 3.00 bits per heavy atom. The fourth-order valence-corrected chi connectivity index (χ4v) is 2.36. The summed E-state index contributed by atoms with van der Waals surface area (Å²) < 4.78 is 1.07. The number of hydrogen-bond acceptors (Lipinski definition) is 2. The Morgan fingerprint density at radius 2 is 2.25 bits per heavy atom. The van der Waals surface area contributed by atoms with Crippen LogP contribution >= 0.6 is 15.9 Å². The van der Waals surface area contributed by atoms with Gasteiger partial charge in [0.2, 0.25) is 5.91 Å². The number of carbonyl (C=O) groups excluding carboxylic acids is 1. The molecule has 1 N–H and O–H groups in total. The predicted molar refractivity (Wildman–Crippen MR) is 67.3 cm³/mol. The summed E-state index contributed by atoms with van der Waals surface area (Å²) in [6, 6.07) is 7.95. The van der Waals surface area contributed by atoms with Crippen molar-refractivity contribution in [2.45, 2.75) is 12.5 Å². The molecule has 1 atom stereocenters. The van der Waals surface area contributed by atoms with E-state index in [1.807, 2.05) is 31.3 Å². The predicted octanol–water partition coefficient (Wildman–Crippen LogP) is 1.42. The third-order valence-corrected chi connectivity index (χ3v) is 3.67. The Kier molecular flexibility index (Phi) is 3.61. The molecule has 0 radical (unpaired) electrons. The van der Waals surface area contributed by atoms with Crippen molar-refractivity contribution in [2.75, 3.05) is 20.1 Å². The van der Waals surface area contributed by atoms with Crippen molar-refractivity contribution in [3.8, 4) is 0 Å². The van der Waals surface area contributed by atoms with Crippen molar-refractivity contribution in [1.29, 1.82) is 0 Å². The number of nitrogens with one attached hydrogen (secondary N) is 1. The van der Waals surface area contributed by atoms with Crippen molar-refractivity contribution in [3.63, 3.8) is 0 Å². The Bertz CT molecular complexity index is 394. The van der Waals surface area contributed by atoms with Crippen molar-refractivity contribution in [2.24, 2.45) is 0 Å². The molecule has 16 heavy (non-hydrogen) atoms. The van der Waals surface area contributed by atoms with Crippen molar-refractivity contribution < 1.29 is 4.79 Å². The summed E-state index contributed by atoms with van der Waals surface area (Å²) in [5, 5.41) is 3.26. The number of likely N-dealkylation sites (N-methyl/N-ethyl adjacent to an activating group) is 1. The van der Waals surface area contributed by atoms with E-state index in [1.54, 1.807) is 4.90 Å². The number of amides is 1. The molecule has 1 saturated heterocycles. The Hall–Kier alpha value is -0.870. The maximum atomic E-state index is 11.9. The maximum absolute atomic E-state index is 11.9. The molecule has 0 spiro atoms. The topological polar surface area (TPSA) is 32.3 Å². The molecule has 0 saturated carbocycles. The van der Waals surface area contributed by atoms with Gasteiger partial charge in [0.15, 0.2) is 0 Å². The second-order valence-electron chi connectivity index (χ2n) is 4.06. The fraction of sp³-hybridized carbons (Fsp3) is 0.417. The molecule has 0 bridgehead atoms. The third kappa shape index (κ3) is 2.44. The molecule has 1 amide bonds. The lowest BCUT2D eigenvalue weighted by molar-refractivity contribution is -0.134. The molecule has 1 unspecified atom stereocenters. The van der Waals surface area contributed by atoms with Crippen LogP contribution in [0.4, 0.5) is 0 Å². The Labute approximate surface area is 104 Å². The van der Waals surface area contributed by atoms with Gasteiger partial charge in [-0.25, -0.2) is 0 Å².